The van der Waals surface area contributed by atoms with Gasteiger partial charge in [0.25, 0.3) is 0 Å². The van der Waals surface area contributed by atoms with Gasteiger partial charge in [0.05, 0.1) is 0 Å². The molecule has 0 unspecified atom stereocenters. The molecule has 5 nitrogen and oxygen atoms in total. The van der Waals surface area contributed by atoms with Crippen LogP contribution in [-0.2, 0) is 6.42 Å². The van der Waals surface area contributed by atoms with E-state index in [0.29, 0.717) is 5.92 Å². The first-order valence-electron chi connectivity index (χ1n) is 8.71. The lowest BCUT2D eigenvalue weighted by Crippen LogP contribution is -2.36. The summed E-state index contributed by atoms with van der Waals surface area (Å²) in [5, 5.41) is 7.55. The van der Waals surface area contributed by atoms with Crippen LogP contribution in [-0.4, -0.2) is 34.8 Å². The van der Waals surface area contributed by atoms with Crippen LogP contribution in [0.2, 0.25) is 0 Å². The van der Waals surface area contributed by atoms with Gasteiger partial charge in [0.2, 0.25) is 5.95 Å². The van der Waals surface area contributed by atoms with Gasteiger partial charge in [-0.05, 0) is 37.6 Å². The average molecular weight is 291 g/mol. The van der Waals surface area contributed by atoms with Crippen LogP contribution in [0.25, 0.3) is 0 Å². The van der Waals surface area contributed by atoms with E-state index in [4.69, 9.17) is 10.7 Å². The zero-order chi connectivity index (χ0) is 14.5. The Balaban J connectivity index is 1.47. The van der Waals surface area contributed by atoms with Crippen molar-refractivity contribution in [1.29, 1.82) is 0 Å². The molecule has 1 aromatic rings. The Morgan fingerprint density at radius 1 is 1.05 bits per heavy atom. The minimum Gasteiger partial charge on any atom is -0.340 e. The Morgan fingerprint density at radius 2 is 1.81 bits per heavy atom. The molecule has 21 heavy (non-hydrogen) atoms. The Labute approximate surface area is 127 Å². The molecule has 0 amide bonds. The lowest BCUT2D eigenvalue weighted by molar-refractivity contribution is 0.337. The molecule has 3 N–H and O–H groups in total. The Kier molecular flexibility index (Phi) is 5.12. The highest BCUT2D eigenvalue weighted by atomic mass is 15.4. The summed E-state index contributed by atoms with van der Waals surface area (Å²) in [6.45, 7) is 2.90. The summed E-state index contributed by atoms with van der Waals surface area (Å²) in [4.78, 5) is 7.00. The topological polar surface area (TPSA) is 70.8 Å². The first-order valence-corrected chi connectivity index (χ1v) is 8.71. The Morgan fingerprint density at radius 3 is 2.52 bits per heavy atom. The maximum Gasteiger partial charge on any atom is 0.244 e. The molecular weight excluding hydrogens is 262 g/mol. The van der Waals surface area contributed by atoms with Crippen LogP contribution in [0.1, 0.15) is 57.2 Å². The summed E-state index contributed by atoms with van der Waals surface area (Å²) >= 11 is 0. The van der Waals surface area contributed by atoms with Crippen LogP contribution >= 0.6 is 0 Å². The number of aromatic amines is 1. The van der Waals surface area contributed by atoms with Crippen molar-refractivity contribution in [1.82, 2.24) is 15.2 Å². The van der Waals surface area contributed by atoms with Crippen LogP contribution in [0.3, 0.4) is 0 Å². The third kappa shape index (κ3) is 3.96. The number of aromatic nitrogens is 3. The van der Waals surface area contributed by atoms with Gasteiger partial charge in [-0.3, -0.25) is 5.10 Å². The van der Waals surface area contributed by atoms with Gasteiger partial charge in [0.1, 0.15) is 5.82 Å². The lowest BCUT2D eigenvalue weighted by Gasteiger charge is -2.30. The van der Waals surface area contributed by atoms with Gasteiger partial charge in [0.15, 0.2) is 0 Å². The largest absolute Gasteiger partial charge is 0.340 e. The highest BCUT2D eigenvalue weighted by molar-refractivity contribution is 5.29. The Bertz CT molecular complexity index is 416. The van der Waals surface area contributed by atoms with E-state index in [2.05, 4.69) is 15.1 Å². The molecule has 3 rings (SSSR count). The van der Waals surface area contributed by atoms with E-state index < -0.39 is 0 Å². The number of nitrogens with zero attached hydrogens (tertiary/aromatic N) is 3. The molecule has 0 atom stereocenters. The van der Waals surface area contributed by atoms with Crippen molar-refractivity contribution in [3.63, 3.8) is 0 Å². The number of H-pyrrole nitrogens is 1. The van der Waals surface area contributed by atoms with Crippen LogP contribution in [0.5, 0.6) is 0 Å². The molecule has 5 heteroatoms. The second-order valence-electron chi connectivity index (χ2n) is 6.79. The third-order valence-electron chi connectivity index (χ3n) is 5.26. The van der Waals surface area contributed by atoms with Crippen LogP contribution < -0.4 is 10.6 Å². The predicted octanol–water partition coefficient (Wildman–Crippen LogP) is 2.49. The zero-order valence-corrected chi connectivity index (χ0v) is 13.1. The number of rotatable bonds is 5. The summed E-state index contributed by atoms with van der Waals surface area (Å²) in [7, 11) is 0. The molecule has 1 aromatic heterocycles. The van der Waals surface area contributed by atoms with Crippen molar-refractivity contribution >= 4 is 5.95 Å². The van der Waals surface area contributed by atoms with E-state index in [9.17, 15) is 0 Å². The molecule has 2 heterocycles. The third-order valence-corrected chi connectivity index (χ3v) is 5.26. The lowest BCUT2D eigenvalue weighted by atomic mass is 9.86. The van der Waals surface area contributed by atoms with E-state index in [0.717, 1.165) is 43.7 Å². The summed E-state index contributed by atoms with van der Waals surface area (Å²) < 4.78 is 0. The predicted molar refractivity (Wildman–Crippen MR) is 85.3 cm³/mol. The van der Waals surface area contributed by atoms with Gasteiger partial charge >= 0.3 is 0 Å². The van der Waals surface area contributed by atoms with Crippen molar-refractivity contribution in [2.75, 3.05) is 24.5 Å². The van der Waals surface area contributed by atoms with Crippen molar-refractivity contribution in [2.24, 2.45) is 17.6 Å². The zero-order valence-electron chi connectivity index (χ0n) is 13.1. The monoisotopic (exact) mass is 291 g/mol. The van der Waals surface area contributed by atoms with E-state index in [1.54, 1.807) is 0 Å². The fourth-order valence-corrected chi connectivity index (χ4v) is 3.72. The minimum absolute atomic E-state index is 0.686. The maximum absolute atomic E-state index is 5.75. The van der Waals surface area contributed by atoms with Crippen molar-refractivity contribution in [3.8, 4) is 0 Å². The second kappa shape index (κ2) is 7.25. The van der Waals surface area contributed by atoms with Gasteiger partial charge in [-0.15, -0.1) is 5.10 Å². The first-order chi connectivity index (χ1) is 10.3. The molecule has 0 aromatic carbocycles. The number of hydrogen-bond acceptors (Lipinski definition) is 4. The fraction of sp³-hybridized carbons (Fsp3) is 0.875. The minimum atomic E-state index is 0.686. The van der Waals surface area contributed by atoms with E-state index in [1.165, 1.54) is 51.4 Å². The fourth-order valence-electron chi connectivity index (χ4n) is 3.72. The molecule has 0 bridgehead atoms. The molecule has 0 radical (unpaired) electrons. The SMILES string of the molecule is NCC1CCN(c2n[nH]c(CCC3CCCCC3)n2)CC1. The maximum atomic E-state index is 5.75. The summed E-state index contributed by atoms with van der Waals surface area (Å²) in [6, 6.07) is 0. The van der Waals surface area contributed by atoms with Crippen molar-refractivity contribution in [2.45, 2.75) is 57.8 Å². The van der Waals surface area contributed by atoms with Gasteiger partial charge in [-0.2, -0.15) is 4.98 Å². The normalized spacial score (nSPS) is 21.9. The van der Waals surface area contributed by atoms with Crippen LogP contribution in [0, 0.1) is 11.8 Å². The molecule has 1 saturated heterocycles. The van der Waals surface area contributed by atoms with Gasteiger partial charge in [-0.1, -0.05) is 32.1 Å². The number of hydrogen-bond donors (Lipinski definition) is 2. The number of anilines is 1. The molecule has 0 spiro atoms. The van der Waals surface area contributed by atoms with Gasteiger partial charge in [-0.25, -0.2) is 0 Å². The van der Waals surface area contributed by atoms with Crippen molar-refractivity contribution < 1.29 is 0 Å². The highest BCUT2D eigenvalue weighted by Crippen LogP contribution is 2.27. The highest BCUT2D eigenvalue weighted by Gasteiger charge is 2.21. The summed E-state index contributed by atoms with van der Waals surface area (Å²) in [5.74, 6) is 3.55. The molecule has 1 aliphatic heterocycles. The number of aryl methyl sites for hydroxylation is 1. The van der Waals surface area contributed by atoms with Gasteiger partial charge in [0, 0.05) is 19.5 Å². The summed E-state index contributed by atoms with van der Waals surface area (Å²) in [6.07, 6.45) is 11.7. The van der Waals surface area contributed by atoms with Crippen LogP contribution in [0.4, 0.5) is 5.95 Å². The number of piperidine rings is 1. The van der Waals surface area contributed by atoms with E-state index in [1.807, 2.05) is 0 Å². The smallest absolute Gasteiger partial charge is 0.244 e. The first kappa shape index (κ1) is 14.8. The molecule has 2 fully saturated rings. The Hall–Kier alpha value is -1.10. The number of nitrogens with two attached hydrogens (primary N) is 1. The average Bonchev–Trinajstić information content (AvgIpc) is 3.03. The quantitative estimate of drug-likeness (QED) is 0.874. The molecule has 1 aliphatic carbocycles. The molecular formula is C16H29N5. The van der Waals surface area contributed by atoms with Gasteiger partial charge < -0.3 is 10.6 Å². The van der Waals surface area contributed by atoms with Crippen molar-refractivity contribution in [3.05, 3.63) is 5.82 Å². The molecule has 2 aliphatic rings. The number of nitrogens with one attached hydrogen (secondary N) is 1. The van der Waals surface area contributed by atoms with E-state index in [-0.39, 0.29) is 0 Å². The van der Waals surface area contributed by atoms with E-state index >= 15 is 0 Å². The summed E-state index contributed by atoms with van der Waals surface area (Å²) in [5.41, 5.74) is 5.75. The molecule has 1 saturated carbocycles. The second-order valence-corrected chi connectivity index (χ2v) is 6.79. The van der Waals surface area contributed by atoms with Crippen LogP contribution in [0.15, 0.2) is 0 Å². The standard InChI is InChI=1S/C16H29N5/c17-12-14-8-10-21(11-9-14)16-18-15(19-20-16)7-6-13-4-2-1-3-5-13/h13-14H,1-12,17H2,(H,18,19,20). The molecule has 118 valence electrons.